The van der Waals surface area contributed by atoms with Crippen LogP contribution in [0.4, 0.5) is 18.9 Å². The highest BCUT2D eigenvalue weighted by atomic mass is 32.2. The molecule has 1 unspecified atom stereocenters. The van der Waals surface area contributed by atoms with E-state index < -0.39 is 20.2 Å². The van der Waals surface area contributed by atoms with Crippen LogP contribution in [0.2, 0.25) is 0 Å². The van der Waals surface area contributed by atoms with Crippen LogP contribution in [0.25, 0.3) is 0 Å². The van der Waals surface area contributed by atoms with Crippen LogP contribution in [0.5, 0.6) is 0 Å². The van der Waals surface area contributed by atoms with Gasteiger partial charge in [0.2, 0.25) is 0 Å². The molecule has 4 nitrogen and oxygen atoms in total. The highest BCUT2D eigenvalue weighted by molar-refractivity contribution is 7.92. The van der Waals surface area contributed by atoms with Crippen LogP contribution in [0.1, 0.15) is 12.8 Å². The van der Waals surface area contributed by atoms with Gasteiger partial charge in [0, 0.05) is 19.1 Å². The Morgan fingerprint density at radius 1 is 1.30 bits per heavy atom. The van der Waals surface area contributed by atoms with E-state index in [4.69, 9.17) is 5.73 Å². The molecule has 1 saturated heterocycles. The molecule has 1 aliphatic rings. The van der Waals surface area contributed by atoms with Crippen molar-refractivity contribution in [3.8, 4) is 0 Å². The minimum Gasteiger partial charge on any atom is -0.366 e. The second kappa shape index (κ2) is 5.25. The Morgan fingerprint density at radius 2 is 1.95 bits per heavy atom. The number of nitrogens with two attached hydrogens (primary N) is 1. The molecule has 0 radical (unpaired) electrons. The Morgan fingerprint density at radius 3 is 2.55 bits per heavy atom. The minimum absolute atomic E-state index is 0.0813. The first kappa shape index (κ1) is 15.1. The van der Waals surface area contributed by atoms with Gasteiger partial charge in [-0.1, -0.05) is 12.1 Å². The Bertz CT molecular complexity index is 587. The van der Waals surface area contributed by atoms with Gasteiger partial charge in [-0.25, -0.2) is 8.42 Å². The molecule has 0 spiro atoms. The van der Waals surface area contributed by atoms with Crippen molar-refractivity contribution in [1.29, 1.82) is 0 Å². The third-order valence-electron chi connectivity index (χ3n) is 3.42. The number of para-hydroxylation sites is 1. The Balaban J connectivity index is 2.52. The number of alkyl halides is 3. The van der Waals surface area contributed by atoms with Gasteiger partial charge in [0.05, 0.1) is 10.6 Å². The SMILES string of the molecule is NCC1CCCN1c1ccccc1S(=O)(=O)C(F)(F)F. The standard InChI is InChI=1S/C12H15F3N2O2S/c13-12(14,15)20(18,19)11-6-2-1-5-10(11)17-7-3-4-9(17)8-16/h1-2,5-6,9H,3-4,7-8,16H2. The van der Waals surface area contributed by atoms with Crippen LogP contribution in [-0.4, -0.2) is 33.1 Å². The van der Waals surface area contributed by atoms with Crippen molar-refractivity contribution in [2.24, 2.45) is 5.73 Å². The second-order valence-corrected chi connectivity index (χ2v) is 6.55. The van der Waals surface area contributed by atoms with Crippen LogP contribution in [0.3, 0.4) is 0 Å². The van der Waals surface area contributed by atoms with Gasteiger partial charge in [-0.05, 0) is 25.0 Å². The summed E-state index contributed by atoms with van der Waals surface area (Å²) in [6.45, 7) is 0.784. The topological polar surface area (TPSA) is 63.4 Å². The summed E-state index contributed by atoms with van der Waals surface area (Å²) >= 11 is 0. The smallest absolute Gasteiger partial charge is 0.366 e. The van der Waals surface area contributed by atoms with Crippen molar-refractivity contribution in [1.82, 2.24) is 0 Å². The number of rotatable bonds is 3. The zero-order valence-corrected chi connectivity index (χ0v) is 11.4. The number of hydrogen-bond donors (Lipinski definition) is 1. The lowest BCUT2D eigenvalue weighted by atomic mass is 10.2. The summed E-state index contributed by atoms with van der Waals surface area (Å²) in [5, 5.41) is 0. The Labute approximate surface area is 115 Å². The molecule has 0 saturated carbocycles. The van der Waals surface area contributed by atoms with Crippen LogP contribution in [-0.2, 0) is 9.84 Å². The summed E-state index contributed by atoms with van der Waals surface area (Å²) in [6.07, 6.45) is 1.53. The van der Waals surface area contributed by atoms with Crippen LogP contribution < -0.4 is 10.6 Å². The van der Waals surface area contributed by atoms with E-state index in [-0.39, 0.29) is 18.3 Å². The maximum Gasteiger partial charge on any atom is 0.501 e. The maximum absolute atomic E-state index is 12.7. The van der Waals surface area contributed by atoms with Crippen molar-refractivity contribution < 1.29 is 21.6 Å². The van der Waals surface area contributed by atoms with Gasteiger partial charge in [0.25, 0.3) is 9.84 Å². The number of benzene rings is 1. The van der Waals surface area contributed by atoms with Gasteiger partial charge in [0.1, 0.15) is 0 Å². The molecule has 8 heteroatoms. The van der Waals surface area contributed by atoms with Crippen LogP contribution in [0.15, 0.2) is 29.2 Å². The summed E-state index contributed by atoms with van der Waals surface area (Å²) in [7, 11) is -5.36. The summed E-state index contributed by atoms with van der Waals surface area (Å²) in [5.74, 6) is 0. The van der Waals surface area contributed by atoms with Crippen LogP contribution in [0, 0.1) is 0 Å². The first-order chi connectivity index (χ1) is 9.29. The molecule has 2 rings (SSSR count). The van der Waals surface area contributed by atoms with Gasteiger partial charge < -0.3 is 10.6 Å². The maximum atomic E-state index is 12.7. The quantitative estimate of drug-likeness (QED) is 0.926. The van der Waals surface area contributed by atoms with E-state index in [9.17, 15) is 21.6 Å². The highest BCUT2D eigenvalue weighted by Gasteiger charge is 2.48. The molecule has 112 valence electrons. The summed E-state index contributed by atoms with van der Waals surface area (Å²) < 4.78 is 61.5. The number of hydrogen-bond acceptors (Lipinski definition) is 4. The fourth-order valence-corrected chi connectivity index (χ4v) is 3.41. The van der Waals surface area contributed by atoms with Gasteiger partial charge in [-0.3, -0.25) is 0 Å². The van der Waals surface area contributed by atoms with Crippen molar-refractivity contribution in [3.05, 3.63) is 24.3 Å². The number of sulfone groups is 1. The summed E-state index contributed by atoms with van der Waals surface area (Å²) in [6, 6.07) is 5.07. The van der Waals surface area contributed by atoms with Gasteiger partial charge in [0.15, 0.2) is 0 Å². The molecular formula is C12H15F3N2O2S. The average molecular weight is 308 g/mol. The molecule has 20 heavy (non-hydrogen) atoms. The summed E-state index contributed by atoms with van der Waals surface area (Å²) in [4.78, 5) is 0.950. The lowest BCUT2D eigenvalue weighted by molar-refractivity contribution is -0.0435. The number of nitrogens with zero attached hydrogens (tertiary/aromatic N) is 1. The van der Waals surface area contributed by atoms with Crippen molar-refractivity contribution in [3.63, 3.8) is 0 Å². The molecular weight excluding hydrogens is 293 g/mol. The highest BCUT2D eigenvalue weighted by Crippen LogP contribution is 2.37. The molecule has 0 bridgehead atoms. The second-order valence-electron chi connectivity index (χ2n) is 4.64. The molecule has 2 N–H and O–H groups in total. The van der Waals surface area contributed by atoms with E-state index >= 15 is 0 Å². The third kappa shape index (κ3) is 2.49. The molecule has 0 aromatic heterocycles. The molecule has 1 aromatic carbocycles. The minimum atomic E-state index is -5.36. The van der Waals surface area contributed by atoms with E-state index in [1.807, 2.05) is 0 Å². The van der Waals surface area contributed by atoms with E-state index in [0.29, 0.717) is 6.54 Å². The molecule has 1 atom stereocenters. The normalized spacial score (nSPS) is 20.4. The van der Waals surface area contributed by atoms with Crippen molar-refractivity contribution in [2.45, 2.75) is 29.3 Å². The monoisotopic (exact) mass is 308 g/mol. The molecule has 0 amide bonds. The number of halogens is 3. The summed E-state index contributed by atoms with van der Waals surface area (Å²) in [5.41, 5.74) is 0.370. The number of anilines is 1. The van der Waals surface area contributed by atoms with Gasteiger partial charge in [-0.2, -0.15) is 13.2 Å². The van der Waals surface area contributed by atoms with Gasteiger partial charge in [-0.15, -0.1) is 0 Å². The van der Waals surface area contributed by atoms with E-state index in [2.05, 4.69) is 0 Å². The molecule has 1 aromatic rings. The van der Waals surface area contributed by atoms with E-state index in [1.54, 1.807) is 4.90 Å². The lowest BCUT2D eigenvalue weighted by Crippen LogP contribution is -2.37. The zero-order chi connectivity index (χ0) is 15.0. The fourth-order valence-electron chi connectivity index (χ4n) is 2.44. The van der Waals surface area contributed by atoms with Crippen molar-refractivity contribution >= 4 is 15.5 Å². The van der Waals surface area contributed by atoms with E-state index in [1.165, 1.54) is 18.2 Å². The lowest BCUT2D eigenvalue weighted by Gasteiger charge is -2.27. The molecule has 1 fully saturated rings. The molecule has 1 aliphatic heterocycles. The Kier molecular flexibility index (Phi) is 3.97. The van der Waals surface area contributed by atoms with Gasteiger partial charge >= 0.3 is 5.51 Å². The molecule has 1 heterocycles. The fraction of sp³-hybridized carbons (Fsp3) is 0.500. The first-order valence-corrected chi connectivity index (χ1v) is 7.64. The largest absolute Gasteiger partial charge is 0.501 e. The predicted octanol–water partition coefficient (Wildman–Crippen LogP) is 1.91. The van der Waals surface area contributed by atoms with Crippen LogP contribution >= 0.6 is 0 Å². The predicted molar refractivity (Wildman–Crippen MR) is 69.1 cm³/mol. The Hall–Kier alpha value is -1.28. The third-order valence-corrected chi connectivity index (χ3v) is 4.95. The van der Waals surface area contributed by atoms with E-state index in [0.717, 1.165) is 18.9 Å². The zero-order valence-electron chi connectivity index (χ0n) is 10.6. The van der Waals surface area contributed by atoms with Crippen molar-refractivity contribution in [2.75, 3.05) is 18.0 Å². The average Bonchev–Trinajstić information content (AvgIpc) is 2.85. The molecule has 0 aliphatic carbocycles. The first-order valence-electron chi connectivity index (χ1n) is 6.16.